The first-order valence-electron chi connectivity index (χ1n) is 7.42. The van der Waals surface area contributed by atoms with Gasteiger partial charge in [-0.3, -0.25) is 4.79 Å². The molecule has 0 saturated heterocycles. The third kappa shape index (κ3) is 2.76. The van der Waals surface area contributed by atoms with Gasteiger partial charge in [0, 0.05) is 5.39 Å². The summed E-state index contributed by atoms with van der Waals surface area (Å²) >= 11 is 1.37. The van der Waals surface area contributed by atoms with Crippen LogP contribution >= 0.6 is 11.3 Å². The van der Waals surface area contributed by atoms with Gasteiger partial charge in [0.1, 0.15) is 5.00 Å². The van der Waals surface area contributed by atoms with Crippen molar-refractivity contribution >= 4 is 33.2 Å². The number of furan rings is 1. The minimum absolute atomic E-state index is 0.195. The predicted octanol–water partition coefficient (Wildman–Crippen LogP) is 4.11. The zero-order valence-corrected chi connectivity index (χ0v) is 14.2. The van der Waals surface area contributed by atoms with Crippen molar-refractivity contribution in [1.29, 1.82) is 0 Å². The molecule has 4 rings (SSSR count). The average Bonchev–Trinajstić information content (AvgIpc) is 3.32. The number of fused-ring (bicyclic) bond motifs is 1. The topological polar surface area (TPSA) is 90.4 Å². The monoisotopic (exact) mass is 355 g/mol. The summed E-state index contributed by atoms with van der Waals surface area (Å²) in [6.45, 7) is 1.74. The fourth-order valence-electron chi connectivity index (χ4n) is 2.45. The van der Waals surface area contributed by atoms with Crippen molar-refractivity contribution in [1.82, 2.24) is 10.1 Å². The van der Waals surface area contributed by atoms with Gasteiger partial charge in [0.05, 0.1) is 12.7 Å². The predicted molar refractivity (Wildman–Crippen MR) is 93.1 cm³/mol. The molecule has 25 heavy (non-hydrogen) atoms. The van der Waals surface area contributed by atoms with Gasteiger partial charge in [-0.2, -0.15) is 4.98 Å². The van der Waals surface area contributed by atoms with Crippen LogP contribution in [0.3, 0.4) is 0 Å². The number of hydrogen-bond donors (Lipinski definition) is 1. The number of aryl methyl sites for hydroxylation is 1. The number of aromatic nitrogens is 2. The van der Waals surface area contributed by atoms with Crippen LogP contribution in [-0.2, 0) is 0 Å². The summed E-state index contributed by atoms with van der Waals surface area (Å²) in [6, 6.07) is 8.97. The molecule has 0 radical (unpaired) electrons. The summed E-state index contributed by atoms with van der Waals surface area (Å²) in [5.41, 5.74) is 1.21. The number of thiophene rings is 1. The maximum atomic E-state index is 12.6. The van der Waals surface area contributed by atoms with Gasteiger partial charge in [0.2, 0.25) is 0 Å². The number of nitrogens with zero attached hydrogens (tertiary/aromatic N) is 2. The molecule has 126 valence electrons. The van der Waals surface area contributed by atoms with E-state index < -0.39 is 0 Å². The van der Waals surface area contributed by atoms with Gasteiger partial charge in [-0.05, 0) is 30.5 Å². The third-order valence-corrected chi connectivity index (χ3v) is 4.43. The van der Waals surface area contributed by atoms with E-state index in [0.29, 0.717) is 33.6 Å². The number of carbonyl (C=O) groups is 1. The van der Waals surface area contributed by atoms with Crippen LogP contribution in [0.15, 0.2) is 44.7 Å². The molecule has 0 fully saturated rings. The van der Waals surface area contributed by atoms with Gasteiger partial charge in [0.25, 0.3) is 11.8 Å². The molecule has 0 saturated carbocycles. The zero-order chi connectivity index (χ0) is 17.4. The molecule has 0 aliphatic carbocycles. The second-order valence-corrected chi connectivity index (χ2v) is 6.17. The molecular weight excluding hydrogens is 342 g/mol. The Kier molecular flexibility index (Phi) is 3.73. The highest BCUT2D eigenvalue weighted by Gasteiger charge is 2.19. The molecule has 4 aromatic rings. The molecule has 0 unspecified atom stereocenters. The number of ether oxygens (including phenoxy) is 1. The van der Waals surface area contributed by atoms with E-state index in [1.165, 1.54) is 11.3 Å². The first kappa shape index (κ1) is 15.4. The Hall–Kier alpha value is -3.13. The summed E-state index contributed by atoms with van der Waals surface area (Å²) in [5.74, 6) is 1.30. The Morgan fingerprint density at radius 2 is 2.20 bits per heavy atom. The van der Waals surface area contributed by atoms with Gasteiger partial charge in [0.15, 0.2) is 22.9 Å². The Labute approximate surface area is 146 Å². The van der Waals surface area contributed by atoms with Crippen LogP contribution < -0.4 is 10.1 Å². The second kappa shape index (κ2) is 6.06. The maximum Gasteiger partial charge on any atom is 0.292 e. The largest absolute Gasteiger partial charge is 0.493 e. The van der Waals surface area contributed by atoms with Gasteiger partial charge < -0.3 is 19.0 Å². The first-order valence-corrected chi connectivity index (χ1v) is 8.30. The molecular formula is C17H13N3O4S. The number of para-hydroxylation sites is 1. The van der Waals surface area contributed by atoms with Crippen molar-refractivity contribution < 1.29 is 18.5 Å². The lowest BCUT2D eigenvalue weighted by atomic mass is 10.2. The fourth-order valence-corrected chi connectivity index (χ4v) is 3.23. The Morgan fingerprint density at radius 1 is 1.32 bits per heavy atom. The van der Waals surface area contributed by atoms with E-state index in [2.05, 4.69) is 15.5 Å². The molecule has 8 heteroatoms. The van der Waals surface area contributed by atoms with Crippen molar-refractivity contribution in [2.45, 2.75) is 6.92 Å². The highest BCUT2D eigenvalue weighted by atomic mass is 32.1. The van der Waals surface area contributed by atoms with E-state index >= 15 is 0 Å². The van der Waals surface area contributed by atoms with Crippen LogP contribution in [0.5, 0.6) is 5.75 Å². The summed E-state index contributed by atoms with van der Waals surface area (Å²) in [7, 11) is 1.56. The maximum absolute atomic E-state index is 12.6. The molecule has 3 aromatic heterocycles. The first-order chi connectivity index (χ1) is 12.2. The summed E-state index contributed by atoms with van der Waals surface area (Å²) in [6.07, 6.45) is 0. The molecule has 0 bridgehead atoms. The molecule has 0 aliphatic rings. The zero-order valence-electron chi connectivity index (χ0n) is 13.4. The van der Waals surface area contributed by atoms with E-state index in [4.69, 9.17) is 13.7 Å². The number of amides is 1. The highest BCUT2D eigenvalue weighted by Crippen LogP contribution is 2.33. The summed E-state index contributed by atoms with van der Waals surface area (Å²) in [5, 5.41) is 9.85. The molecule has 0 atom stereocenters. The molecule has 3 heterocycles. The lowest BCUT2D eigenvalue weighted by Crippen LogP contribution is -2.10. The van der Waals surface area contributed by atoms with Crippen LogP contribution in [0.25, 0.3) is 22.4 Å². The minimum atomic E-state index is -0.363. The molecule has 0 aliphatic heterocycles. The highest BCUT2D eigenvalue weighted by molar-refractivity contribution is 7.15. The van der Waals surface area contributed by atoms with E-state index in [1.54, 1.807) is 26.2 Å². The van der Waals surface area contributed by atoms with Gasteiger partial charge in [-0.25, -0.2) is 0 Å². The number of carbonyl (C=O) groups excluding carboxylic acids is 1. The Bertz CT molecular complexity index is 1060. The minimum Gasteiger partial charge on any atom is -0.493 e. The Morgan fingerprint density at radius 3 is 2.96 bits per heavy atom. The summed E-state index contributed by atoms with van der Waals surface area (Å²) < 4.78 is 16.1. The molecule has 7 nitrogen and oxygen atoms in total. The SMILES string of the molecule is COc1cccc2cc(C(=O)Nc3sccc3-c3nc(C)no3)oc12. The third-order valence-electron chi connectivity index (χ3n) is 3.60. The molecule has 1 N–H and O–H groups in total. The summed E-state index contributed by atoms with van der Waals surface area (Å²) in [4.78, 5) is 16.8. The smallest absolute Gasteiger partial charge is 0.292 e. The number of hydrogen-bond acceptors (Lipinski definition) is 7. The standard InChI is InChI=1S/C17H13N3O4S/c1-9-18-16(24-20-9)11-6-7-25-17(11)19-15(21)13-8-10-4-3-5-12(22-2)14(10)23-13/h3-8H,1-2H3,(H,19,21). The lowest BCUT2D eigenvalue weighted by Gasteiger charge is -2.02. The van der Waals surface area contributed by atoms with Crippen LogP contribution in [0, 0.1) is 6.92 Å². The van der Waals surface area contributed by atoms with Crippen molar-refractivity contribution in [2.75, 3.05) is 12.4 Å². The molecule has 1 amide bonds. The van der Waals surface area contributed by atoms with Gasteiger partial charge in [-0.1, -0.05) is 17.3 Å². The van der Waals surface area contributed by atoms with Gasteiger partial charge in [-0.15, -0.1) is 11.3 Å². The van der Waals surface area contributed by atoms with Crippen LogP contribution in [0.4, 0.5) is 5.00 Å². The number of rotatable bonds is 4. The second-order valence-electron chi connectivity index (χ2n) is 5.25. The van der Waals surface area contributed by atoms with Crippen LogP contribution in [-0.4, -0.2) is 23.2 Å². The van der Waals surface area contributed by atoms with Crippen molar-refractivity contribution in [3.8, 4) is 17.2 Å². The van der Waals surface area contributed by atoms with E-state index in [0.717, 1.165) is 5.39 Å². The fraction of sp³-hybridized carbons (Fsp3) is 0.118. The molecule has 1 aromatic carbocycles. The molecule has 0 spiro atoms. The van der Waals surface area contributed by atoms with E-state index in [9.17, 15) is 4.79 Å². The average molecular weight is 355 g/mol. The van der Waals surface area contributed by atoms with Crippen molar-refractivity contribution in [2.24, 2.45) is 0 Å². The quantitative estimate of drug-likeness (QED) is 0.592. The van der Waals surface area contributed by atoms with Crippen LogP contribution in [0.2, 0.25) is 0 Å². The normalized spacial score (nSPS) is 11.0. The number of nitrogens with one attached hydrogen (secondary N) is 1. The Balaban J connectivity index is 1.64. The number of benzene rings is 1. The number of anilines is 1. The van der Waals surface area contributed by atoms with E-state index in [-0.39, 0.29) is 11.7 Å². The van der Waals surface area contributed by atoms with Gasteiger partial charge >= 0.3 is 0 Å². The van der Waals surface area contributed by atoms with Crippen LogP contribution in [0.1, 0.15) is 16.4 Å². The number of methoxy groups -OCH3 is 1. The van der Waals surface area contributed by atoms with Crippen molar-refractivity contribution in [3.05, 3.63) is 47.3 Å². The van der Waals surface area contributed by atoms with Crippen molar-refractivity contribution in [3.63, 3.8) is 0 Å². The van der Waals surface area contributed by atoms with E-state index in [1.807, 2.05) is 23.6 Å². The lowest BCUT2D eigenvalue weighted by molar-refractivity contribution is 0.0999.